The Balaban J connectivity index is 2.00. The number of nitrogens with one attached hydrogen (secondary N) is 1. The molecular formula is C15H20N2O2. The lowest BCUT2D eigenvalue weighted by Gasteiger charge is -2.12. The molecule has 19 heavy (non-hydrogen) atoms. The number of nitrogens with zero attached hydrogens (tertiary/aromatic N) is 1. The molecule has 0 saturated heterocycles. The SMILES string of the molecule is COc1c(C)cnc(CNCc2ccc(C)o2)c1C. The highest BCUT2D eigenvalue weighted by Gasteiger charge is 2.09. The highest BCUT2D eigenvalue weighted by atomic mass is 16.5. The number of aryl methyl sites for hydroxylation is 2. The van der Waals surface area contributed by atoms with Crippen LogP contribution >= 0.6 is 0 Å². The van der Waals surface area contributed by atoms with Crippen LogP contribution in [-0.4, -0.2) is 12.1 Å². The molecule has 0 amide bonds. The van der Waals surface area contributed by atoms with Crippen molar-refractivity contribution in [2.75, 3.05) is 7.11 Å². The van der Waals surface area contributed by atoms with Crippen molar-refractivity contribution < 1.29 is 9.15 Å². The van der Waals surface area contributed by atoms with Crippen LogP contribution in [0.15, 0.2) is 22.7 Å². The van der Waals surface area contributed by atoms with Crippen LogP contribution in [0, 0.1) is 20.8 Å². The van der Waals surface area contributed by atoms with E-state index in [1.54, 1.807) is 7.11 Å². The Morgan fingerprint density at radius 1 is 1.21 bits per heavy atom. The predicted molar refractivity (Wildman–Crippen MR) is 74.3 cm³/mol. The van der Waals surface area contributed by atoms with Crippen LogP contribution in [0.2, 0.25) is 0 Å². The van der Waals surface area contributed by atoms with Crippen molar-refractivity contribution in [3.05, 3.63) is 46.7 Å². The van der Waals surface area contributed by atoms with E-state index in [0.717, 1.165) is 34.1 Å². The molecule has 4 nitrogen and oxygen atoms in total. The van der Waals surface area contributed by atoms with Crippen LogP contribution < -0.4 is 10.1 Å². The fourth-order valence-corrected chi connectivity index (χ4v) is 2.13. The van der Waals surface area contributed by atoms with E-state index in [1.807, 2.05) is 39.1 Å². The van der Waals surface area contributed by atoms with Gasteiger partial charge in [0.2, 0.25) is 0 Å². The van der Waals surface area contributed by atoms with Crippen molar-refractivity contribution in [2.45, 2.75) is 33.9 Å². The molecule has 2 heterocycles. The Morgan fingerprint density at radius 3 is 2.63 bits per heavy atom. The molecule has 0 aliphatic carbocycles. The summed E-state index contributed by atoms with van der Waals surface area (Å²) in [6.45, 7) is 7.38. The van der Waals surface area contributed by atoms with E-state index in [0.29, 0.717) is 13.1 Å². The number of ether oxygens (including phenoxy) is 1. The maximum atomic E-state index is 5.51. The topological polar surface area (TPSA) is 47.3 Å². The second-order valence-corrected chi connectivity index (χ2v) is 4.66. The molecular weight excluding hydrogens is 240 g/mol. The summed E-state index contributed by atoms with van der Waals surface area (Å²) < 4.78 is 10.9. The van der Waals surface area contributed by atoms with Crippen molar-refractivity contribution in [1.29, 1.82) is 0 Å². The van der Waals surface area contributed by atoms with E-state index in [1.165, 1.54) is 0 Å². The van der Waals surface area contributed by atoms with Gasteiger partial charge in [0.05, 0.1) is 19.3 Å². The fourth-order valence-electron chi connectivity index (χ4n) is 2.13. The van der Waals surface area contributed by atoms with Crippen LogP contribution in [0.4, 0.5) is 0 Å². The first-order valence-electron chi connectivity index (χ1n) is 6.37. The Kier molecular flexibility index (Phi) is 4.22. The molecule has 0 atom stereocenters. The van der Waals surface area contributed by atoms with E-state index in [4.69, 9.17) is 9.15 Å². The second-order valence-electron chi connectivity index (χ2n) is 4.66. The normalized spacial score (nSPS) is 10.7. The maximum Gasteiger partial charge on any atom is 0.128 e. The van der Waals surface area contributed by atoms with Gasteiger partial charge in [0.25, 0.3) is 0 Å². The van der Waals surface area contributed by atoms with Crippen molar-refractivity contribution in [3.63, 3.8) is 0 Å². The number of hydrogen-bond acceptors (Lipinski definition) is 4. The van der Waals surface area contributed by atoms with E-state index >= 15 is 0 Å². The highest BCUT2D eigenvalue weighted by molar-refractivity contribution is 5.40. The molecule has 0 radical (unpaired) electrons. The van der Waals surface area contributed by atoms with Gasteiger partial charge in [0.1, 0.15) is 17.3 Å². The van der Waals surface area contributed by atoms with E-state index in [9.17, 15) is 0 Å². The first-order valence-corrected chi connectivity index (χ1v) is 6.37. The van der Waals surface area contributed by atoms with Crippen LogP contribution in [0.25, 0.3) is 0 Å². The van der Waals surface area contributed by atoms with Gasteiger partial charge in [-0.1, -0.05) is 0 Å². The monoisotopic (exact) mass is 260 g/mol. The van der Waals surface area contributed by atoms with E-state index in [2.05, 4.69) is 10.3 Å². The number of methoxy groups -OCH3 is 1. The predicted octanol–water partition coefficient (Wildman–Crippen LogP) is 2.90. The lowest BCUT2D eigenvalue weighted by molar-refractivity contribution is 0.406. The summed E-state index contributed by atoms with van der Waals surface area (Å²) in [5.74, 6) is 2.79. The average molecular weight is 260 g/mol. The molecule has 0 aliphatic rings. The molecule has 0 bridgehead atoms. The molecule has 0 saturated carbocycles. The summed E-state index contributed by atoms with van der Waals surface area (Å²) in [7, 11) is 1.69. The molecule has 102 valence electrons. The first kappa shape index (κ1) is 13.6. The minimum atomic E-state index is 0.697. The third kappa shape index (κ3) is 3.15. The van der Waals surface area contributed by atoms with Crippen molar-refractivity contribution >= 4 is 0 Å². The van der Waals surface area contributed by atoms with Gasteiger partial charge >= 0.3 is 0 Å². The maximum absolute atomic E-state index is 5.51. The molecule has 0 fully saturated rings. The molecule has 4 heteroatoms. The summed E-state index contributed by atoms with van der Waals surface area (Å²) in [4.78, 5) is 4.45. The van der Waals surface area contributed by atoms with Gasteiger partial charge in [-0.15, -0.1) is 0 Å². The highest BCUT2D eigenvalue weighted by Crippen LogP contribution is 2.23. The zero-order valence-electron chi connectivity index (χ0n) is 11.9. The van der Waals surface area contributed by atoms with Crippen LogP contribution in [0.5, 0.6) is 5.75 Å². The number of hydrogen-bond donors (Lipinski definition) is 1. The first-order chi connectivity index (χ1) is 9.11. The smallest absolute Gasteiger partial charge is 0.128 e. The summed E-state index contributed by atoms with van der Waals surface area (Å²) in [5, 5.41) is 3.33. The number of rotatable bonds is 5. The van der Waals surface area contributed by atoms with Gasteiger partial charge in [0.15, 0.2) is 0 Å². The van der Waals surface area contributed by atoms with Crippen LogP contribution in [-0.2, 0) is 13.1 Å². The zero-order chi connectivity index (χ0) is 13.8. The Labute approximate surface area is 113 Å². The minimum absolute atomic E-state index is 0.697. The van der Waals surface area contributed by atoms with Crippen LogP contribution in [0.1, 0.15) is 28.3 Å². The Morgan fingerprint density at radius 2 is 2.00 bits per heavy atom. The lowest BCUT2D eigenvalue weighted by Crippen LogP contribution is -2.15. The van der Waals surface area contributed by atoms with E-state index in [-0.39, 0.29) is 0 Å². The third-order valence-corrected chi connectivity index (χ3v) is 3.14. The molecule has 2 rings (SSSR count). The van der Waals surface area contributed by atoms with Crippen molar-refractivity contribution in [1.82, 2.24) is 10.3 Å². The average Bonchev–Trinajstić information content (AvgIpc) is 2.79. The molecule has 1 N–H and O–H groups in total. The van der Waals surface area contributed by atoms with Crippen molar-refractivity contribution in [2.24, 2.45) is 0 Å². The molecule has 0 aromatic carbocycles. The minimum Gasteiger partial charge on any atom is -0.496 e. The number of furan rings is 1. The number of pyridine rings is 1. The van der Waals surface area contributed by atoms with Gasteiger partial charge in [0, 0.05) is 23.9 Å². The van der Waals surface area contributed by atoms with Crippen LogP contribution in [0.3, 0.4) is 0 Å². The van der Waals surface area contributed by atoms with Gasteiger partial charge < -0.3 is 14.5 Å². The fraction of sp³-hybridized carbons (Fsp3) is 0.400. The molecule has 0 unspecified atom stereocenters. The lowest BCUT2D eigenvalue weighted by atomic mass is 10.1. The molecule has 0 aliphatic heterocycles. The van der Waals surface area contributed by atoms with Gasteiger partial charge in [-0.25, -0.2) is 0 Å². The Hall–Kier alpha value is -1.81. The van der Waals surface area contributed by atoms with E-state index < -0.39 is 0 Å². The van der Waals surface area contributed by atoms with Gasteiger partial charge in [-0.3, -0.25) is 4.98 Å². The number of aromatic nitrogens is 1. The second kappa shape index (κ2) is 5.89. The molecule has 2 aromatic rings. The molecule has 2 aromatic heterocycles. The summed E-state index contributed by atoms with van der Waals surface area (Å²) in [6, 6.07) is 3.95. The Bertz CT molecular complexity index is 561. The van der Waals surface area contributed by atoms with Crippen molar-refractivity contribution in [3.8, 4) is 5.75 Å². The quantitative estimate of drug-likeness (QED) is 0.898. The van der Waals surface area contributed by atoms with Gasteiger partial charge in [-0.2, -0.15) is 0 Å². The molecule has 0 spiro atoms. The standard InChI is InChI=1S/C15H20N2O2/c1-10-7-17-14(12(3)15(10)18-4)9-16-8-13-6-5-11(2)19-13/h5-7,16H,8-9H2,1-4H3. The summed E-state index contributed by atoms with van der Waals surface area (Å²) >= 11 is 0. The summed E-state index contributed by atoms with van der Waals surface area (Å²) in [6.07, 6.45) is 1.85. The zero-order valence-corrected chi connectivity index (χ0v) is 11.9. The third-order valence-electron chi connectivity index (χ3n) is 3.14. The largest absolute Gasteiger partial charge is 0.496 e. The van der Waals surface area contributed by atoms with Gasteiger partial charge in [-0.05, 0) is 32.9 Å². The summed E-state index contributed by atoms with van der Waals surface area (Å²) in [5.41, 5.74) is 3.15.